The number of nitrogens with zero attached hydrogens (tertiary/aromatic N) is 1. The van der Waals surface area contributed by atoms with Crippen LogP contribution in [0, 0.1) is 0 Å². The molecule has 0 amide bonds. The molecule has 2 fully saturated rings. The van der Waals surface area contributed by atoms with Crippen LogP contribution in [0.1, 0.15) is 66.2 Å². The van der Waals surface area contributed by atoms with Crippen molar-refractivity contribution >= 4 is 5.97 Å². The van der Waals surface area contributed by atoms with Crippen molar-refractivity contribution in [2.75, 3.05) is 13.2 Å². The molecule has 2 saturated carbocycles. The van der Waals surface area contributed by atoms with Crippen molar-refractivity contribution in [3.8, 4) is 0 Å². The van der Waals surface area contributed by atoms with Crippen molar-refractivity contribution in [2.24, 2.45) is 0 Å². The Morgan fingerprint density at radius 2 is 2.05 bits per heavy atom. The normalized spacial score (nSPS) is 29.3. The van der Waals surface area contributed by atoms with Crippen molar-refractivity contribution in [1.29, 1.82) is 0 Å². The van der Waals surface area contributed by atoms with Crippen LogP contribution in [-0.4, -0.2) is 47.7 Å². The molecular weight excluding hydrogens is 264 g/mol. The van der Waals surface area contributed by atoms with Gasteiger partial charge in [0, 0.05) is 18.1 Å². The molecule has 0 spiro atoms. The monoisotopic (exact) mass is 296 g/mol. The summed E-state index contributed by atoms with van der Waals surface area (Å²) in [5.74, 6) is -0.0281. The third kappa shape index (κ3) is 3.98. The quantitative estimate of drug-likeness (QED) is 0.699. The zero-order chi connectivity index (χ0) is 15.5. The minimum absolute atomic E-state index is 0.0281. The van der Waals surface area contributed by atoms with Crippen LogP contribution in [0.5, 0.6) is 0 Å². The predicted molar refractivity (Wildman–Crippen MR) is 85.3 cm³/mol. The Hall–Kier alpha value is -0.610. The SMILES string of the molecule is CCCN(C(C)C)C1CCC(NC2CC2)(C(=O)OCC)C1. The van der Waals surface area contributed by atoms with Crippen LogP contribution in [0.4, 0.5) is 0 Å². The zero-order valence-electron chi connectivity index (χ0n) is 14.2. The predicted octanol–water partition coefficient (Wildman–Crippen LogP) is 2.71. The highest BCUT2D eigenvalue weighted by atomic mass is 16.5. The number of carbonyl (C=O) groups is 1. The number of ether oxygens (including phenoxy) is 1. The number of rotatable bonds is 8. The van der Waals surface area contributed by atoms with Gasteiger partial charge in [0.1, 0.15) is 5.54 Å². The molecule has 0 saturated heterocycles. The van der Waals surface area contributed by atoms with E-state index >= 15 is 0 Å². The fourth-order valence-electron chi connectivity index (χ4n) is 3.69. The molecule has 0 radical (unpaired) electrons. The van der Waals surface area contributed by atoms with Crippen molar-refractivity contribution in [2.45, 2.75) is 89.9 Å². The first-order valence-electron chi connectivity index (χ1n) is 8.73. The molecule has 0 bridgehead atoms. The van der Waals surface area contributed by atoms with E-state index < -0.39 is 5.54 Å². The van der Waals surface area contributed by atoms with Gasteiger partial charge in [0.2, 0.25) is 0 Å². The summed E-state index contributed by atoms with van der Waals surface area (Å²) in [7, 11) is 0. The lowest BCUT2D eigenvalue weighted by Gasteiger charge is -2.34. The number of esters is 1. The Balaban J connectivity index is 2.07. The van der Waals surface area contributed by atoms with Crippen LogP contribution >= 0.6 is 0 Å². The molecule has 0 aromatic carbocycles. The van der Waals surface area contributed by atoms with Gasteiger partial charge in [0.05, 0.1) is 6.61 Å². The Morgan fingerprint density at radius 1 is 1.33 bits per heavy atom. The smallest absolute Gasteiger partial charge is 0.326 e. The molecule has 0 aromatic heterocycles. The molecule has 4 nitrogen and oxygen atoms in total. The van der Waals surface area contributed by atoms with E-state index in [2.05, 4.69) is 31.0 Å². The van der Waals surface area contributed by atoms with Gasteiger partial charge in [-0.05, 0) is 65.8 Å². The third-order valence-corrected chi connectivity index (χ3v) is 4.83. The Morgan fingerprint density at radius 3 is 2.57 bits per heavy atom. The van der Waals surface area contributed by atoms with Gasteiger partial charge in [-0.1, -0.05) is 6.92 Å². The van der Waals surface area contributed by atoms with Crippen molar-refractivity contribution in [3.63, 3.8) is 0 Å². The van der Waals surface area contributed by atoms with Gasteiger partial charge in [0.25, 0.3) is 0 Å². The van der Waals surface area contributed by atoms with E-state index in [-0.39, 0.29) is 5.97 Å². The highest BCUT2D eigenvalue weighted by Crippen LogP contribution is 2.38. The second-order valence-electron chi connectivity index (χ2n) is 6.95. The van der Waals surface area contributed by atoms with E-state index in [0.29, 0.717) is 24.7 Å². The number of carbonyl (C=O) groups excluding carboxylic acids is 1. The third-order valence-electron chi connectivity index (χ3n) is 4.83. The van der Waals surface area contributed by atoms with Gasteiger partial charge in [-0.25, -0.2) is 0 Å². The Kier molecular flexibility index (Phi) is 5.67. The van der Waals surface area contributed by atoms with E-state index in [4.69, 9.17) is 4.74 Å². The fourth-order valence-corrected chi connectivity index (χ4v) is 3.69. The molecule has 0 heterocycles. The minimum Gasteiger partial charge on any atom is -0.465 e. The molecule has 0 aliphatic heterocycles. The molecule has 1 N–H and O–H groups in total. The van der Waals surface area contributed by atoms with E-state index in [9.17, 15) is 4.79 Å². The van der Waals surface area contributed by atoms with E-state index in [0.717, 1.165) is 32.2 Å². The molecule has 0 aromatic rings. The fraction of sp³-hybridized carbons (Fsp3) is 0.941. The molecule has 122 valence electrons. The van der Waals surface area contributed by atoms with E-state index in [1.54, 1.807) is 0 Å². The summed E-state index contributed by atoms with van der Waals surface area (Å²) >= 11 is 0. The Labute approximate surface area is 129 Å². The van der Waals surface area contributed by atoms with Gasteiger partial charge in [-0.15, -0.1) is 0 Å². The first kappa shape index (κ1) is 16.8. The van der Waals surface area contributed by atoms with Crippen LogP contribution in [0.15, 0.2) is 0 Å². The van der Waals surface area contributed by atoms with Crippen molar-refractivity contribution in [3.05, 3.63) is 0 Å². The van der Waals surface area contributed by atoms with Crippen LogP contribution in [0.3, 0.4) is 0 Å². The number of nitrogens with one attached hydrogen (secondary N) is 1. The van der Waals surface area contributed by atoms with Crippen molar-refractivity contribution in [1.82, 2.24) is 10.2 Å². The highest BCUT2D eigenvalue weighted by molar-refractivity contribution is 5.81. The maximum Gasteiger partial charge on any atom is 0.326 e. The number of hydrogen-bond donors (Lipinski definition) is 1. The second kappa shape index (κ2) is 7.10. The summed E-state index contributed by atoms with van der Waals surface area (Å²) < 4.78 is 5.39. The van der Waals surface area contributed by atoms with Crippen LogP contribution in [0.25, 0.3) is 0 Å². The number of hydrogen-bond acceptors (Lipinski definition) is 4. The minimum atomic E-state index is -0.428. The zero-order valence-corrected chi connectivity index (χ0v) is 14.2. The van der Waals surface area contributed by atoms with Gasteiger partial charge in [-0.2, -0.15) is 0 Å². The first-order valence-corrected chi connectivity index (χ1v) is 8.73. The molecule has 2 atom stereocenters. The average molecular weight is 296 g/mol. The summed E-state index contributed by atoms with van der Waals surface area (Å²) in [6.45, 7) is 10.2. The molecule has 2 aliphatic carbocycles. The lowest BCUT2D eigenvalue weighted by molar-refractivity contribution is -0.151. The maximum atomic E-state index is 12.5. The van der Waals surface area contributed by atoms with Gasteiger partial charge < -0.3 is 4.74 Å². The van der Waals surface area contributed by atoms with Gasteiger partial charge in [-0.3, -0.25) is 15.0 Å². The summed E-state index contributed by atoms with van der Waals surface area (Å²) in [5, 5.41) is 3.62. The molecule has 21 heavy (non-hydrogen) atoms. The standard InChI is InChI=1S/C17H32N2O2/c1-5-11-19(13(3)4)15-9-10-17(12-15,16(20)21-6-2)18-14-7-8-14/h13-15,18H,5-12H2,1-4H3. The summed E-state index contributed by atoms with van der Waals surface area (Å²) in [4.78, 5) is 15.1. The van der Waals surface area contributed by atoms with Crippen LogP contribution in [-0.2, 0) is 9.53 Å². The second-order valence-corrected chi connectivity index (χ2v) is 6.95. The van der Waals surface area contributed by atoms with Gasteiger partial charge >= 0.3 is 5.97 Å². The van der Waals surface area contributed by atoms with Crippen LogP contribution < -0.4 is 5.32 Å². The first-order chi connectivity index (χ1) is 10.0. The maximum absolute atomic E-state index is 12.5. The highest BCUT2D eigenvalue weighted by Gasteiger charge is 2.50. The molecular formula is C17H32N2O2. The molecule has 2 aliphatic rings. The molecule has 2 unspecified atom stereocenters. The molecule has 2 rings (SSSR count). The van der Waals surface area contributed by atoms with Gasteiger partial charge in [0.15, 0.2) is 0 Å². The topological polar surface area (TPSA) is 41.6 Å². The average Bonchev–Trinajstić information content (AvgIpc) is 3.14. The summed E-state index contributed by atoms with van der Waals surface area (Å²) in [6.07, 6.45) is 6.48. The van der Waals surface area contributed by atoms with Crippen LogP contribution in [0.2, 0.25) is 0 Å². The largest absolute Gasteiger partial charge is 0.465 e. The van der Waals surface area contributed by atoms with Crippen molar-refractivity contribution < 1.29 is 9.53 Å². The van der Waals surface area contributed by atoms with E-state index in [1.807, 2.05) is 6.92 Å². The molecule has 4 heteroatoms. The lowest BCUT2D eigenvalue weighted by Crippen LogP contribution is -2.53. The summed E-state index contributed by atoms with van der Waals surface area (Å²) in [5.41, 5.74) is -0.428. The Bertz CT molecular complexity index is 355. The van der Waals surface area contributed by atoms with E-state index in [1.165, 1.54) is 12.8 Å². The lowest BCUT2D eigenvalue weighted by atomic mass is 9.96. The summed E-state index contributed by atoms with van der Waals surface area (Å²) in [6, 6.07) is 1.57.